The molecular weight excluding hydrogens is 146 g/mol. The Labute approximate surface area is 75.9 Å². The van der Waals surface area contributed by atoms with E-state index in [2.05, 4.69) is 32.0 Å². The van der Waals surface area contributed by atoms with Crippen LogP contribution in [0.4, 0.5) is 0 Å². The summed E-state index contributed by atoms with van der Waals surface area (Å²) < 4.78 is 0. The van der Waals surface area contributed by atoms with Crippen LogP contribution in [0.1, 0.15) is 40.0 Å². The van der Waals surface area contributed by atoms with Crippen molar-refractivity contribution in [2.45, 2.75) is 52.1 Å². The van der Waals surface area contributed by atoms with E-state index in [9.17, 15) is 0 Å². The summed E-state index contributed by atoms with van der Waals surface area (Å²) in [6.45, 7) is 6.79. The van der Waals surface area contributed by atoms with Crippen LogP contribution in [-0.4, -0.2) is 12.1 Å². The van der Waals surface area contributed by atoms with Gasteiger partial charge in [-0.05, 0) is 25.2 Å². The Morgan fingerprint density at radius 1 is 1.67 bits per heavy atom. The lowest BCUT2D eigenvalue weighted by Crippen LogP contribution is -2.52. The number of rotatable bonds is 3. The molecule has 0 radical (unpaired) electrons. The summed E-state index contributed by atoms with van der Waals surface area (Å²) in [5.41, 5.74) is 0.489. The lowest BCUT2D eigenvalue weighted by molar-refractivity contribution is 0.100. The molecule has 68 valence electrons. The average molecular weight is 165 g/mol. The van der Waals surface area contributed by atoms with Gasteiger partial charge in [0.05, 0.1) is 0 Å². The number of terminal acetylenes is 1. The van der Waals surface area contributed by atoms with E-state index in [-0.39, 0.29) is 0 Å². The first-order chi connectivity index (χ1) is 5.56. The molecular formula is C11H19N. The lowest BCUT2D eigenvalue weighted by Gasteiger charge is -2.46. The summed E-state index contributed by atoms with van der Waals surface area (Å²) in [6.07, 6.45) is 8.73. The van der Waals surface area contributed by atoms with Crippen molar-refractivity contribution in [2.75, 3.05) is 0 Å². The standard InChI is InChI=1S/C11H19N/c1-5-6-9(2)12-10-7-8-11(10,3)4/h1,9-10,12H,6-8H2,2-4H3. The fourth-order valence-corrected chi connectivity index (χ4v) is 1.75. The molecule has 0 aromatic rings. The molecule has 2 unspecified atom stereocenters. The van der Waals surface area contributed by atoms with E-state index < -0.39 is 0 Å². The summed E-state index contributed by atoms with van der Waals surface area (Å²) in [5, 5.41) is 3.56. The monoisotopic (exact) mass is 165 g/mol. The highest BCUT2D eigenvalue weighted by Crippen LogP contribution is 2.40. The van der Waals surface area contributed by atoms with E-state index in [1.807, 2.05) is 0 Å². The molecule has 0 bridgehead atoms. The van der Waals surface area contributed by atoms with Crippen LogP contribution >= 0.6 is 0 Å². The van der Waals surface area contributed by atoms with Gasteiger partial charge in [0.25, 0.3) is 0 Å². The molecule has 1 saturated carbocycles. The van der Waals surface area contributed by atoms with Crippen LogP contribution in [-0.2, 0) is 0 Å². The molecule has 0 aromatic carbocycles. The minimum absolute atomic E-state index is 0.472. The minimum atomic E-state index is 0.472. The van der Waals surface area contributed by atoms with Gasteiger partial charge in [-0.15, -0.1) is 12.3 Å². The van der Waals surface area contributed by atoms with E-state index >= 15 is 0 Å². The smallest absolute Gasteiger partial charge is 0.0238 e. The maximum absolute atomic E-state index is 5.24. The Morgan fingerprint density at radius 3 is 2.67 bits per heavy atom. The molecule has 1 nitrogen and oxygen atoms in total. The molecule has 1 fully saturated rings. The highest BCUT2D eigenvalue weighted by atomic mass is 15.0. The van der Waals surface area contributed by atoms with Crippen LogP contribution in [0.3, 0.4) is 0 Å². The van der Waals surface area contributed by atoms with Crippen LogP contribution in [0.25, 0.3) is 0 Å². The molecule has 1 N–H and O–H groups in total. The maximum Gasteiger partial charge on any atom is 0.0238 e. The van der Waals surface area contributed by atoms with Gasteiger partial charge in [0.2, 0.25) is 0 Å². The Hall–Kier alpha value is -0.480. The molecule has 1 heteroatoms. The molecule has 1 aliphatic carbocycles. The third kappa shape index (κ3) is 2.01. The number of nitrogens with one attached hydrogen (secondary N) is 1. The molecule has 0 spiro atoms. The molecule has 0 saturated heterocycles. The van der Waals surface area contributed by atoms with Crippen molar-refractivity contribution in [3.63, 3.8) is 0 Å². The second kappa shape index (κ2) is 3.49. The number of hydrogen-bond donors (Lipinski definition) is 1. The summed E-state index contributed by atoms with van der Waals surface area (Å²) in [6, 6.07) is 1.15. The van der Waals surface area contributed by atoms with Crippen molar-refractivity contribution in [3.05, 3.63) is 0 Å². The first-order valence-electron chi connectivity index (χ1n) is 4.76. The topological polar surface area (TPSA) is 12.0 Å². The maximum atomic E-state index is 5.24. The van der Waals surface area contributed by atoms with Crippen molar-refractivity contribution >= 4 is 0 Å². The van der Waals surface area contributed by atoms with Crippen LogP contribution in [0.5, 0.6) is 0 Å². The van der Waals surface area contributed by atoms with E-state index in [4.69, 9.17) is 6.42 Å². The van der Waals surface area contributed by atoms with Crippen LogP contribution in [0.15, 0.2) is 0 Å². The summed E-state index contributed by atoms with van der Waals surface area (Å²) in [4.78, 5) is 0. The quantitative estimate of drug-likeness (QED) is 0.632. The molecule has 12 heavy (non-hydrogen) atoms. The second-order valence-electron chi connectivity index (χ2n) is 4.56. The molecule has 0 amide bonds. The van der Waals surface area contributed by atoms with E-state index in [1.165, 1.54) is 12.8 Å². The Morgan fingerprint density at radius 2 is 2.33 bits per heavy atom. The zero-order valence-corrected chi connectivity index (χ0v) is 8.35. The molecule has 0 heterocycles. The summed E-state index contributed by atoms with van der Waals surface area (Å²) >= 11 is 0. The van der Waals surface area contributed by atoms with Crippen molar-refractivity contribution in [3.8, 4) is 12.3 Å². The van der Waals surface area contributed by atoms with Crippen molar-refractivity contribution in [1.82, 2.24) is 5.32 Å². The fraction of sp³-hybridized carbons (Fsp3) is 0.818. The van der Waals surface area contributed by atoms with E-state index in [0.29, 0.717) is 17.5 Å². The Bertz CT molecular complexity index is 188. The predicted molar refractivity (Wildman–Crippen MR) is 52.9 cm³/mol. The van der Waals surface area contributed by atoms with Gasteiger partial charge >= 0.3 is 0 Å². The SMILES string of the molecule is C#CCC(C)NC1CCC1(C)C. The molecule has 1 rings (SSSR count). The van der Waals surface area contributed by atoms with Gasteiger partial charge in [-0.2, -0.15) is 0 Å². The normalized spacial score (nSPS) is 28.7. The van der Waals surface area contributed by atoms with Crippen LogP contribution in [0, 0.1) is 17.8 Å². The fourth-order valence-electron chi connectivity index (χ4n) is 1.75. The lowest BCUT2D eigenvalue weighted by atomic mass is 9.67. The van der Waals surface area contributed by atoms with Crippen molar-refractivity contribution in [1.29, 1.82) is 0 Å². The van der Waals surface area contributed by atoms with Gasteiger partial charge in [0.15, 0.2) is 0 Å². The van der Waals surface area contributed by atoms with Gasteiger partial charge < -0.3 is 5.32 Å². The van der Waals surface area contributed by atoms with E-state index in [0.717, 1.165) is 6.42 Å². The summed E-state index contributed by atoms with van der Waals surface area (Å²) in [5.74, 6) is 2.69. The third-order valence-electron chi connectivity index (χ3n) is 2.93. The highest BCUT2D eigenvalue weighted by molar-refractivity contribution is 4.97. The highest BCUT2D eigenvalue weighted by Gasteiger charge is 2.38. The largest absolute Gasteiger partial charge is 0.310 e. The zero-order chi connectivity index (χ0) is 9.19. The minimum Gasteiger partial charge on any atom is -0.310 e. The van der Waals surface area contributed by atoms with Gasteiger partial charge in [-0.1, -0.05) is 13.8 Å². The van der Waals surface area contributed by atoms with Gasteiger partial charge in [-0.25, -0.2) is 0 Å². The predicted octanol–water partition coefficient (Wildman–Crippen LogP) is 2.18. The van der Waals surface area contributed by atoms with Gasteiger partial charge in [-0.3, -0.25) is 0 Å². The van der Waals surface area contributed by atoms with Crippen LogP contribution < -0.4 is 5.32 Å². The average Bonchev–Trinajstić information content (AvgIpc) is 1.99. The number of hydrogen-bond acceptors (Lipinski definition) is 1. The van der Waals surface area contributed by atoms with Crippen molar-refractivity contribution < 1.29 is 0 Å². The van der Waals surface area contributed by atoms with Crippen molar-refractivity contribution in [2.24, 2.45) is 5.41 Å². The molecule has 0 aromatic heterocycles. The Balaban J connectivity index is 2.28. The van der Waals surface area contributed by atoms with E-state index in [1.54, 1.807) is 0 Å². The molecule has 0 aliphatic heterocycles. The Kier molecular flexibility index (Phi) is 2.80. The first kappa shape index (κ1) is 9.61. The molecule has 2 atom stereocenters. The zero-order valence-electron chi connectivity index (χ0n) is 8.35. The molecule has 1 aliphatic rings. The summed E-state index contributed by atoms with van der Waals surface area (Å²) in [7, 11) is 0. The first-order valence-corrected chi connectivity index (χ1v) is 4.76. The van der Waals surface area contributed by atoms with Crippen LogP contribution in [0.2, 0.25) is 0 Å². The van der Waals surface area contributed by atoms with Gasteiger partial charge in [0, 0.05) is 18.5 Å². The third-order valence-corrected chi connectivity index (χ3v) is 2.93. The second-order valence-corrected chi connectivity index (χ2v) is 4.56. The van der Waals surface area contributed by atoms with Gasteiger partial charge in [0.1, 0.15) is 0 Å².